The zero-order valence-electron chi connectivity index (χ0n) is 17.4. The second kappa shape index (κ2) is 6.28. The number of phenols is 1. The summed E-state index contributed by atoms with van der Waals surface area (Å²) in [6.07, 6.45) is 4.24. The van der Waals surface area contributed by atoms with Gasteiger partial charge < -0.3 is 5.11 Å². The maximum atomic E-state index is 13.7. The lowest BCUT2D eigenvalue weighted by Gasteiger charge is -2.54. The Morgan fingerprint density at radius 3 is 2.38 bits per heavy atom. The molecule has 4 rings (SSSR count). The molecule has 148 valence electrons. The van der Waals surface area contributed by atoms with E-state index in [0.29, 0.717) is 23.1 Å². The van der Waals surface area contributed by atoms with E-state index in [1.54, 1.807) is 19.9 Å². The average Bonchev–Trinajstić information content (AvgIpc) is 2.73. The minimum atomic E-state index is -1.01. The van der Waals surface area contributed by atoms with Gasteiger partial charge in [-0.25, -0.2) is 0 Å². The molecular weight excluding hydrogens is 360 g/mol. The number of benzene rings is 2. The van der Waals surface area contributed by atoms with Gasteiger partial charge in [-0.2, -0.15) is 0 Å². The molecule has 0 bridgehead atoms. The first-order chi connectivity index (χ1) is 13.7. The molecule has 0 aliphatic heterocycles. The first-order valence-corrected chi connectivity index (χ1v) is 9.98. The number of carbonyl (C=O) groups is 2. The minimum Gasteiger partial charge on any atom is -0.507 e. The van der Waals surface area contributed by atoms with Crippen molar-refractivity contribution in [2.45, 2.75) is 40.0 Å². The van der Waals surface area contributed by atoms with Gasteiger partial charge in [-0.05, 0) is 42.4 Å². The minimum absolute atomic E-state index is 0.0155. The number of aromatic hydroxyl groups is 1. The third kappa shape index (κ3) is 2.30. The summed E-state index contributed by atoms with van der Waals surface area (Å²) in [5, 5.41) is 12.9. The van der Waals surface area contributed by atoms with Crippen LogP contribution in [0, 0.1) is 10.8 Å². The quantitative estimate of drug-likeness (QED) is 0.726. The molecule has 2 aromatic carbocycles. The van der Waals surface area contributed by atoms with Crippen molar-refractivity contribution in [1.82, 2.24) is 0 Å². The van der Waals surface area contributed by atoms with Crippen LogP contribution in [0.3, 0.4) is 0 Å². The Labute approximate surface area is 171 Å². The number of hydrogen-bond donors (Lipinski definition) is 1. The van der Waals surface area contributed by atoms with E-state index in [-0.39, 0.29) is 17.3 Å². The molecule has 0 saturated carbocycles. The third-order valence-corrected chi connectivity index (χ3v) is 7.50. The lowest BCUT2D eigenvalue weighted by molar-refractivity contribution is -0.147. The maximum Gasteiger partial charge on any atom is 0.166 e. The fourth-order valence-corrected chi connectivity index (χ4v) is 5.35. The molecule has 0 saturated heterocycles. The zero-order valence-corrected chi connectivity index (χ0v) is 17.4. The Morgan fingerprint density at radius 2 is 1.69 bits per heavy atom. The van der Waals surface area contributed by atoms with Crippen LogP contribution < -0.4 is 0 Å². The SMILES string of the molecule is C=CC1=CCC2(C)C(=O)C(C)=C(C)C(=O)C2(C)C1c1ccc2ccccc2c1O. The van der Waals surface area contributed by atoms with Crippen molar-refractivity contribution in [3.8, 4) is 5.75 Å². The van der Waals surface area contributed by atoms with Crippen molar-refractivity contribution >= 4 is 22.3 Å². The van der Waals surface area contributed by atoms with Crippen LogP contribution in [-0.4, -0.2) is 16.7 Å². The van der Waals surface area contributed by atoms with Gasteiger partial charge in [-0.15, -0.1) is 0 Å². The standard InChI is InChI=1S/C26H26O3/c1-6-17-13-14-25(4)23(28)15(2)16(3)24(29)26(25,5)21(17)20-12-11-18-9-7-8-10-19(18)22(20)27/h6-13,21,27H,1,14H2,2-5H3. The highest BCUT2D eigenvalue weighted by Crippen LogP contribution is 2.63. The average molecular weight is 386 g/mol. The summed E-state index contributed by atoms with van der Waals surface area (Å²) in [7, 11) is 0. The predicted octanol–water partition coefficient (Wildman–Crippen LogP) is 5.65. The van der Waals surface area contributed by atoms with Crippen LogP contribution in [0.5, 0.6) is 5.75 Å². The van der Waals surface area contributed by atoms with Crippen LogP contribution in [0.2, 0.25) is 0 Å². The molecule has 29 heavy (non-hydrogen) atoms. The molecule has 2 aliphatic carbocycles. The first kappa shape index (κ1) is 19.4. The molecule has 0 spiro atoms. The topological polar surface area (TPSA) is 54.4 Å². The highest BCUT2D eigenvalue weighted by Gasteiger charge is 2.63. The number of hydrogen-bond acceptors (Lipinski definition) is 3. The van der Waals surface area contributed by atoms with Crippen LogP contribution in [0.15, 0.2) is 71.8 Å². The van der Waals surface area contributed by atoms with Gasteiger partial charge in [0, 0.05) is 22.3 Å². The van der Waals surface area contributed by atoms with E-state index < -0.39 is 16.7 Å². The van der Waals surface area contributed by atoms with E-state index in [2.05, 4.69) is 6.58 Å². The summed E-state index contributed by atoms with van der Waals surface area (Å²) < 4.78 is 0. The molecular formula is C26H26O3. The molecule has 3 nitrogen and oxygen atoms in total. The summed E-state index contributed by atoms with van der Waals surface area (Å²) in [5.74, 6) is -0.304. The van der Waals surface area contributed by atoms with Crippen molar-refractivity contribution < 1.29 is 14.7 Å². The summed E-state index contributed by atoms with van der Waals surface area (Å²) in [4.78, 5) is 27.1. The summed E-state index contributed by atoms with van der Waals surface area (Å²) in [5.41, 5.74) is 0.729. The third-order valence-electron chi connectivity index (χ3n) is 7.50. The largest absolute Gasteiger partial charge is 0.507 e. The maximum absolute atomic E-state index is 13.7. The Kier molecular flexibility index (Phi) is 4.20. The Hall–Kier alpha value is -2.94. The second-order valence-corrected chi connectivity index (χ2v) is 8.71. The normalized spacial score (nSPS) is 29.7. The fraction of sp³-hybridized carbons (Fsp3) is 0.308. The van der Waals surface area contributed by atoms with E-state index >= 15 is 0 Å². The fourth-order valence-electron chi connectivity index (χ4n) is 5.35. The number of Topliss-reactive ketones (excluding diaryl/α,β-unsaturated/α-hetero) is 2. The van der Waals surface area contributed by atoms with Crippen molar-refractivity contribution in [3.63, 3.8) is 0 Å². The van der Waals surface area contributed by atoms with Gasteiger partial charge in [-0.1, -0.05) is 69.0 Å². The smallest absolute Gasteiger partial charge is 0.166 e. The Balaban J connectivity index is 2.06. The van der Waals surface area contributed by atoms with Crippen molar-refractivity contribution in [2.75, 3.05) is 0 Å². The summed E-state index contributed by atoms with van der Waals surface area (Å²) in [6.45, 7) is 11.2. The van der Waals surface area contributed by atoms with E-state index in [9.17, 15) is 14.7 Å². The van der Waals surface area contributed by atoms with Gasteiger partial charge in [0.25, 0.3) is 0 Å². The van der Waals surface area contributed by atoms with E-state index in [4.69, 9.17) is 0 Å². The molecule has 2 aliphatic rings. The van der Waals surface area contributed by atoms with Gasteiger partial charge >= 0.3 is 0 Å². The first-order valence-electron chi connectivity index (χ1n) is 9.98. The van der Waals surface area contributed by atoms with Crippen LogP contribution >= 0.6 is 0 Å². The van der Waals surface area contributed by atoms with Crippen molar-refractivity contribution in [2.24, 2.45) is 10.8 Å². The highest BCUT2D eigenvalue weighted by molar-refractivity contribution is 6.17. The van der Waals surface area contributed by atoms with Gasteiger partial charge in [0.2, 0.25) is 0 Å². The molecule has 3 heteroatoms. The number of allylic oxidation sites excluding steroid dienone is 5. The molecule has 0 radical (unpaired) electrons. The molecule has 0 amide bonds. The van der Waals surface area contributed by atoms with Crippen molar-refractivity contribution in [3.05, 3.63) is 77.4 Å². The lowest BCUT2D eigenvalue weighted by Crippen LogP contribution is -2.57. The van der Waals surface area contributed by atoms with E-state index in [0.717, 1.165) is 16.3 Å². The van der Waals surface area contributed by atoms with Crippen LogP contribution in [0.4, 0.5) is 0 Å². The van der Waals surface area contributed by atoms with Gasteiger partial charge in [0.15, 0.2) is 11.6 Å². The molecule has 2 aromatic rings. The van der Waals surface area contributed by atoms with Crippen LogP contribution in [0.1, 0.15) is 45.6 Å². The summed E-state index contributed by atoms with van der Waals surface area (Å²) in [6, 6.07) is 11.5. The second-order valence-electron chi connectivity index (χ2n) is 8.71. The van der Waals surface area contributed by atoms with E-state index in [1.165, 1.54) is 0 Å². The molecule has 3 unspecified atom stereocenters. The number of phenolic OH excluding ortho intramolecular Hbond substituents is 1. The van der Waals surface area contributed by atoms with Gasteiger partial charge in [0.1, 0.15) is 5.75 Å². The Bertz CT molecular complexity index is 1150. The number of carbonyl (C=O) groups excluding carboxylic acids is 2. The van der Waals surface area contributed by atoms with E-state index in [1.807, 2.05) is 56.3 Å². The van der Waals surface area contributed by atoms with Crippen LogP contribution in [0.25, 0.3) is 10.8 Å². The Morgan fingerprint density at radius 1 is 1.03 bits per heavy atom. The monoisotopic (exact) mass is 386 g/mol. The molecule has 1 N–H and O–H groups in total. The number of rotatable bonds is 2. The summed E-state index contributed by atoms with van der Waals surface area (Å²) >= 11 is 0. The molecule has 0 aromatic heterocycles. The van der Waals surface area contributed by atoms with Gasteiger partial charge in [-0.3, -0.25) is 9.59 Å². The molecule has 3 atom stereocenters. The highest BCUT2D eigenvalue weighted by atomic mass is 16.3. The lowest BCUT2D eigenvalue weighted by atomic mass is 9.45. The van der Waals surface area contributed by atoms with Gasteiger partial charge in [0.05, 0.1) is 5.41 Å². The number of fused-ring (bicyclic) bond motifs is 2. The van der Waals surface area contributed by atoms with Crippen LogP contribution in [-0.2, 0) is 9.59 Å². The molecule has 0 fully saturated rings. The zero-order chi connectivity index (χ0) is 21.1. The molecule has 0 heterocycles. The number of ketones is 2. The predicted molar refractivity (Wildman–Crippen MR) is 116 cm³/mol. The van der Waals surface area contributed by atoms with Crippen molar-refractivity contribution in [1.29, 1.82) is 0 Å².